The van der Waals surface area contributed by atoms with Crippen LogP contribution >= 0.6 is 0 Å². The molecule has 0 saturated carbocycles. The maximum Gasteiger partial charge on any atom is 0.237 e. The Labute approximate surface area is 136 Å². The van der Waals surface area contributed by atoms with E-state index in [0.717, 1.165) is 11.3 Å². The van der Waals surface area contributed by atoms with Gasteiger partial charge in [-0.25, -0.2) is 9.97 Å². The highest BCUT2D eigenvalue weighted by Gasteiger charge is 2.22. The number of imidazole rings is 1. The molecule has 0 amide bonds. The van der Waals surface area contributed by atoms with Gasteiger partial charge in [-0.05, 0) is 0 Å². The fraction of sp³-hybridized carbons (Fsp3) is 0.500. The van der Waals surface area contributed by atoms with Crippen molar-refractivity contribution >= 4 is 16.6 Å². The molecule has 0 aromatic carbocycles. The second-order valence-electron chi connectivity index (χ2n) is 5.07. The van der Waals surface area contributed by atoms with Crippen LogP contribution in [0.4, 0.5) is 5.82 Å². The third kappa shape index (κ3) is 3.92. The van der Waals surface area contributed by atoms with Gasteiger partial charge in [-0.1, -0.05) is 0 Å². The van der Waals surface area contributed by atoms with Crippen molar-refractivity contribution in [3.8, 4) is 5.95 Å². The molecule has 1 unspecified atom stereocenters. The predicted molar refractivity (Wildman–Crippen MR) is 86.0 cm³/mol. The molecule has 0 radical (unpaired) electrons. The van der Waals surface area contributed by atoms with Crippen molar-refractivity contribution in [3.63, 3.8) is 0 Å². The number of hydrogen-bond donors (Lipinski definition) is 2. The van der Waals surface area contributed by atoms with Gasteiger partial charge in [-0.3, -0.25) is 8.78 Å². The van der Waals surface area contributed by atoms with E-state index in [1.165, 1.54) is 0 Å². The molecule has 0 bridgehead atoms. The SMILES string of the molecule is O=S1CCc2nc(-n3ccnc3)nc(NCCOCCO)c2C1. The van der Waals surface area contributed by atoms with Gasteiger partial charge in [-0.15, -0.1) is 0 Å². The zero-order chi connectivity index (χ0) is 16.1. The minimum absolute atomic E-state index is 0.00661. The Morgan fingerprint density at radius 2 is 2.30 bits per heavy atom. The van der Waals surface area contributed by atoms with Crippen LogP contribution in [0.15, 0.2) is 18.7 Å². The van der Waals surface area contributed by atoms with E-state index in [1.807, 2.05) is 0 Å². The Kier molecular flexibility index (Phi) is 5.31. The van der Waals surface area contributed by atoms with Gasteiger partial charge in [0.05, 0.1) is 31.3 Å². The van der Waals surface area contributed by atoms with Crippen molar-refractivity contribution in [2.24, 2.45) is 0 Å². The van der Waals surface area contributed by atoms with E-state index < -0.39 is 10.8 Å². The molecule has 23 heavy (non-hydrogen) atoms. The third-order valence-corrected chi connectivity index (χ3v) is 4.73. The minimum atomic E-state index is -0.869. The first kappa shape index (κ1) is 16.0. The largest absolute Gasteiger partial charge is 0.394 e. The fourth-order valence-electron chi connectivity index (χ4n) is 2.37. The number of aryl methyl sites for hydroxylation is 1. The maximum absolute atomic E-state index is 11.9. The molecule has 2 aromatic rings. The normalized spacial score (nSPS) is 17.0. The van der Waals surface area contributed by atoms with Gasteiger partial charge in [0.25, 0.3) is 0 Å². The highest BCUT2D eigenvalue weighted by atomic mass is 32.2. The molecule has 0 saturated heterocycles. The number of rotatable bonds is 7. The van der Waals surface area contributed by atoms with Gasteiger partial charge >= 0.3 is 0 Å². The summed E-state index contributed by atoms with van der Waals surface area (Å²) in [5.74, 6) is 2.35. The third-order valence-electron chi connectivity index (χ3n) is 3.46. The van der Waals surface area contributed by atoms with Crippen LogP contribution in [-0.4, -0.2) is 61.0 Å². The van der Waals surface area contributed by atoms with Crippen molar-refractivity contribution in [3.05, 3.63) is 30.0 Å². The van der Waals surface area contributed by atoms with E-state index in [-0.39, 0.29) is 6.61 Å². The molecule has 1 aliphatic heterocycles. The zero-order valence-electron chi connectivity index (χ0n) is 12.6. The first-order valence-corrected chi connectivity index (χ1v) is 8.92. The second kappa shape index (κ2) is 7.62. The number of hydrogen-bond acceptors (Lipinski definition) is 7. The lowest BCUT2D eigenvalue weighted by molar-refractivity contribution is 0.0992. The number of aliphatic hydroxyl groups is 1. The first-order valence-electron chi connectivity index (χ1n) is 7.43. The molecule has 2 aromatic heterocycles. The monoisotopic (exact) mass is 337 g/mol. The van der Waals surface area contributed by atoms with Crippen molar-refractivity contribution < 1.29 is 14.1 Å². The number of fused-ring (bicyclic) bond motifs is 1. The number of aromatic nitrogens is 4. The molecule has 0 fully saturated rings. The van der Waals surface area contributed by atoms with E-state index in [9.17, 15) is 4.21 Å². The summed E-state index contributed by atoms with van der Waals surface area (Å²) >= 11 is 0. The van der Waals surface area contributed by atoms with Crippen molar-refractivity contribution in [2.75, 3.05) is 37.4 Å². The second-order valence-corrected chi connectivity index (χ2v) is 6.65. The summed E-state index contributed by atoms with van der Waals surface area (Å²) in [6, 6.07) is 0. The van der Waals surface area contributed by atoms with E-state index >= 15 is 0 Å². The van der Waals surface area contributed by atoms with Gasteiger partial charge in [-0.2, -0.15) is 4.98 Å². The van der Waals surface area contributed by atoms with Crippen LogP contribution in [0.25, 0.3) is 5.95 Å². The summed E-state index contributed by atoms with van der Waals surface area (Å²) in [7, 11) is -0.869. The van der Waals surface area contributed by atoms with Gasteiger partial charge < -0.3 is 15.2 Å². The number of aliphatic hydroxyl groups excluding tert-OH is 1. The molecule has 0 spiro atoms. The summed E-state index contributed by atoms with van der Waals surface area (Å²) in [4.78, 5) is 13.1. The molecule has 2 N–H and O–H groups in total. The highest BCUT2D eigenvalue weighted by molar-refractivity contribution is 7.84. The van der Waals surface area contributed by atoms with Crippen LogP contribution in [0.5, 0.6) is 0 Å². The summed E-state index contributed by atoms with van der Waals surface area (Å²) in [6.07, 6.45) is 5.79. The van der Waals surface area contributed by atoms with E-state index in [4.69, 9.17) is 9.84 Å². The fourth-order valence-corrected chi connectivity index (χ4v) is 3.56. The van der Waals surface area contributed by atoms with Crippen molar-refractivity contribution in [1.29, 1.82) is 0 Å². The van der Waals surface area contributed by atoms with Crippen molar-refractivity contribution in [1.82, 2.24) is 19.5 Å². The minimum Gasteiger partial charge on any atom is -0.394 e. The molecule has 1 aliphatic rings. The topological polar surface area (TPSA) is 102 Å². The molecule has 1 atom stereocenters. The highest BCUT2D eigenvalue weighted by Crippen LogP contribution is 2.24. The van der Waals surface area contributed by atoms with Crippen LogP contribution in [0, 0.1) is 0 Å². The van der Waals surface area contributed by atoms with Gasteiger partial charge in [0, 0.05) is 47.5 Å². The van der Waals surface area contributed by atoms with Gasteiger partial charge in [0.2, 0.25) is 5.95 Å². The average molecular weight is 337 g/mol. The average Bonchev–Trinajstić information content (AvgIpc) is 3.09. The Hall–Kier alpha value is -1.84. The Bertz CT molecular complexity index is 677. The Morgan fingerprint density at radius 3 is 3.09 bits per heavy atom. The van der Waals surface area contributed by atoms with E-state index in [0.29, 0.717) is 49.5 Å². The number of anilines is 1. The Morgan fingerprint density at radius 1 is 1.39 bits per heavy atom. The summed E-state index contributed by atoms with van der Waals surface area (Å²) in [5, 5.41) is 11.9. The molecule has 8 nitrogen and oxygen atoms in total. The molecule has 0 aliphatic carbocycles. The predicted octanol–water partition coefficient (Wildman–Crippen LogP) is -0.112. The van der Waals surface area contributed by atoms with Crippen LogP contribution in [-0.2, 0) is 27.7 Å². The zero-order valence-corrected chi connectivity index (χ0v) is 13.5. The Balaban J connectivity index is 1.82. The van der Waals surface area contributed by atoms with Crippen LogP contribution in [0.3, 0.4) is 0 Å². The smallest absolute Gasteiger partial charge is 0.237 e. The summed E-state index contributed by atoms with van der Waals surface area (Å²) in [6.45, 7) is 1.34. The molecule has 124 valence electrons. The van der Waals surface area contributed by atoms with Gasteiger partial charge in [0.15, 0.2) is 0 Å². The number of ether oxygens (including phenoxy) is 1. The van der Waals surface area contributed by atoms with Crippen molar-refractivity contribution in [2.45, 2.75) is 12.2 Å². The van der Waals surface area contributed by atoms with Crippen LogP contribution < -0.4 is 5.32 Å². The molecule has 9 heteroatoms. The van der Waals surface area contributed by atoms with Gasteiger partial charge in [0.1, 0.15) is 12.1 Å². The molecular formula is C14H19N5O3S. The lowest BCUT2D eigenvalue weighted by Crippen LogP contribution is -2.21. The summed E-state index contributed by atoms with van der Waals surface area (Å²) < 4.78 is 18.9. The van der Waals surface area contributed by atoms with Crippen LogP contribution in [0.1, 0.15) is 11.3 Å². The standard InChI is InChI=1S/C14H19N5O3S/c20-5-7-22-6-3-16-13-11-9-23(21)8-1-12(11)17-14(18-13)19-4-2-15-10-19/h2,4,10,20H,1,3,5-9H2,(H,16,17,18). The molecule has 3 rings (SSSR count). The number of nitrogens with zero attached hydrogens (tertiary/aromatic N) is 4. The molecular weight excluding hydrogens is 318 g/mol. The lowest BCUT2D eigenvalue weighted by atomic mass is 10.2. The lowest BCUT2D eigenvalue weighted by Gasteiger charge is -2.19. The molecule has 3 heterocycles. The number of nitrogens with one attached hydrogen (secondary N) is 1. The van der Waals surface area contributed by atoms with E-state index in [1.54, 1.807) is 23.3 Å². The van der Waals surface area contributed by atoms with Crippen LogP contribution in [0.2, 0.25) is 0 Å². The first-order chi connectivity index (χ1) is 11.3. The van der Waals surface area contributed by atoms with E-state index in [2.05, 4.69) is 20.3 Å². The maximum atomic E-state index is 11.9. The quantitative estimate of drug-likeness (QED) is 0.680. The summed E-state index contributed by atoms with van der Waals surface area (Å²) in [5.41, 5.74) is 1.85.